The maximum absolute atomic E-state index is 12.5. The lowest BCUT2D eigenvalue weighted by Crippen LogP contribution is -2.29. The molecule has 3 aromatic rings. The number of hydrogen-bond acceptors (Lipinski definition) is 3. The van der Waals surface area contributed by atoms with Gasteiger partial charge in [-0.1, -0.05) is 52.3 Å². The van der Waals surface area contributed by atoms with Gasteiger partial charge in [0.15, 0.2) is 5.78 Å². The van der Waals surface area contributed by atoms with Gasteiger partial charge in [-0.2, -0.15) is 0 Å². The molecule has 0 aliphatic rings. The standard InChI is InChI=1S/C20H16BrNO2S/c1-13-6-3-4-9-16(13)17(23)12-19-22(2)20(24)18(25-19)11-14-7-5-8-15(21)10-14/h3-12H,1-2H3/b18-11-,19-12-. The molecule has 5 heteroatoms. The number of hydrogen-bond donors (Lipinski definition) is 0. The summed E-state index contributed by atoms with van der Waals surface area (Å²) < 4.78 is 3.71. The van der Waals surface area contributed by atoms with Gasteiger partial charge in [0.05, 0.1) is 4.53 Å². The molecule has 1 heterocycles. The molecule has 0 saturated heterocycles. The van der Waals surface area contributed by atoms with Crippen LogP contribution in [0.15, 0.2) is 57.8 Å². The van der Waals surface area contributed by atoms with E-state index < -0.39 is 0 Å². The van der Waals surface area contributed by atoms with Gasteiger partial charge in [0, 0.05) is 23.2 Å². The van der Waals surface area contributed by atoms with Crippen LogP contribution in [-0.4, -0.2) is 10.4 Å². The fourth-order valence-electron chi connectivity index (χ4n) is 2.49. The van der Waals surface area contributed by atoms with Gasteiger partial charge in [0.25, 0.3) is 5.56 Å². The summed E-state index contributed by atoms with van der Waals surface area (Å²) in [4.78, 5) is 25.0. The third-order valence-electron chi connectivity index (χ3n) is 3.87. The van der Waals surface area contributed by atoms with Crippen LogP contribution in [0.4, 0.5) is 0 Å². The third kappa shape index (κ3) is 3.89. The largest absolute Gasteiger partial charge is 0.302 e. The molecule has 1 aromatic heterocycles. The first-order valence-electron chi connectivity index (χ1n) is 7.70. The van der Waals surface area contributed by atoms with E-state index in [0.29, 0.717) is 14.8 Å². The second kappa shape index (κ2) is 7.33. The number of ketones is 1. The van der Waals surface area contributed by atoms with Gasteiger partial charge in [-0.15, -0.1) is 11.3 Å². The number of thiazole rings is 1. The molecule has 0 amide bonds. The Bertz CT molecular complexity index is 1130. The lowest BCUT2D eigenvalue weighted by atomic mass is 10.1. The van der Waals surface area contributed by atoms with Crippen molar-refractivity contribution in [1.29, 1.82) is 0 Å². The highest BCUT2D eigenvalue weighted by Gasteiger charge is 2.07. The number of aryl methyl sites for hydroxylation is 1. The number of carbonyl (C=O) groups excluding carboxylic acids is 1. The molecule has 126 valence electrons. The van der Waals surface area contributed by atoms with Crippen LogP contribution >= 0.6 is 27.3 Å². The molecule has 0 radical (unpaired) electrons. The average Bonchev–Trinajstić information content (AvgIpc) is 2.83. The van der Waals surface area contributed by atoms with Crippen LogP contribution in [0.3, 0.4) is 0 Å². The first-order valence-corrected chi connectivity index (χ1v) is 9.31. The summed E-state index contributed by atoms with van der Waals surface area (Å²) in [5.74, 6) is -0.0936. The Balaban J connectivity index is 2.09. The monoisotopic (exact) mass is 413 g/mol. The van der Waals surface area contributed by atoms with Crippen molar-refractivity contribution in [3.05, 3.63) is 89.2 Å². The molecule has 0 aliphatic carbocycles. The zero-order chi connectivity index (χ0) is 18.0. The van der Waals surface area contributed by atoms with E-state index in [9.17, 15) is 9.59 Å². The molecule has 0 N–H and O–H groups in total. The van der Waals surface area contributed by atoms with Crippen LogP contribution in [-0.2, 0) is 7.05 Å². The van der Waals surface area contributed by atoms with Crippen LogP contribution < -0.4 is 14.8 Å². The maximum Gasteiger partial charge on any atom is 0.268 e. The maximum atomic E-state index is 12.5. The summed E-state index contributed by atoms with van der Waals surface area (Å²) in [5.41, 5.74) is 2.41. The van der Waals surface area contributed by atoms with Gasteiger partial charge in [-0.25, -0.2) is 0 Å². The number of halogens is 1. The number of Topliss-reactive ketones (excluding diaryl/α,β-unsaturated/α-hetero) is 1. The molecule has 2 aromatic carbocycles. The van der Waals surface area contributed by atoms with Crippen molar-refractivity contribution in [2.45, 2.75) is 6.92 Å². The van der Waals surface area contributed by atoms with Gasteiger partial charge in [-0.05, 0) is 36.3 Å². The first kappa shape index (κ1) is 17.6. The SMILES string of the molecule is Cc1ccccc1C(=O)/C=c1\s/c(=C\c2cccc(Br)c2)c(=O)n1C. The third-order valence-corrected chi connectivity index (χ3v) is 5.48. The molecule has 25 heavy (non-hydrogen) atoms. The van der Waals surface area contributed by atoms with Crippen molar-refractivity contribution in [1.82, 2.24) is 4.57 Å². The van der Waals surface area contributed by atoms with E-state index in [-0.39, 0.29) is 11.3 Å². The average molecular weight is 414 g/mol. The lowest BCUT2D eigenvalue weighted by Gasteiger charge is -1.99. The summed E-state index contributed by atoms with van der Waals surface area (Å²) in [5, 5.41) is 0. The number of benzene rings is 2. The summed E-state index contributed by atoms with van der Waals surface area (Å²) >= 11 is 4.75. The quantitative estimate of drug-likeness (QED) is 0.619. The van der Waals surface area contributed by atoms with Crippen molar-refractivity contribution in [2.24, 2.45) is 7.05 Å². The first-order chi connectivity index (χ1) is 12.0. The van der Waals surface area contributed by atoms with E-state index in [1.54, 1.807) is 13.1 Å². The second-order valence-corrected chi connectivity index (χ2v) is 7.67. The highest BCUT2D eigenvalue weighted by molar-refractivity contribution is 9.10. The Morgan fingerprint density at radius 1 is 1.16 bits per heavy atom. The van der Waals surface area contributed by atoms with E-state index in [1.165, 1.54) is 22.0 Å². The van der Waals surface area contributed by atoms with Gasteiger partial charge < -0.3 is 4.57 Å². The Labute approximate surface area is 157 Å². The molecule has 0 bridgehead atoms. The highest BCUT2D eigenvalue weighted by atomic mass is 79.9. The minimum absolute atomic E-state index is 0.0936. The summed E-state index contributed by atoms with van der Waals surface area (Å²) in [6, 6.07) is 15.2. The summed E-state index contributed by atoms with van der Waals surface area (Å²) in [6.45, 7) is 1.90. The predicted octanol–water partition coefficient (Wildman–Crippen LogP) is 3.01. The van der Waals surface area contributed by atoms with E-state index in [1.807, 2.05) is 55.5 Å². The summed E-state index contributed by atoms with van der Waals surface area (Å²) in [7, 11) is 1.69. The lowest BCUT2D eigenvalue weighted by molar-refractivity contribution is 0.106. The minimum atomic E-state index is -0.103. The highest BCUT2D eigenvalue weighted by Crippen LogP contribution is 2.12. The molecule has 3 rings (SSSR count). The van der Waals surface area contributed by atoms with Crippen molar-refractivity contribution in [3.8, 4) is 0 Å². The zero-order valence-corrected chi connectivity index (χ0v) is 16.2. The molecule has 0 aliphatic heterocycles. The topological polar surface area (TPSA) is 39.1 Å². The Hall–Kier alpha value is -2.24. The van der Waals surface area contributed by atoms with Crippen molar-refractivity contribution >= 4 is 45.2 Å². The number of rotatable bonds is 3. The van der Waals surface area contributed by atoms with E-state index >= 15 is 0 Å². The summed E-state index contributed by atoms with van der Waals surface area (Å²) in [6.07, 6.45) is 3.37. The molecule has 0 unspecified atom stereocenters. The van der Waals surface area contributed by atoms with Crippen LogP contribution in [0.1, 0.15) is 21.5 Å². The fourth-order valence-corrected chi connectivity index (χ4v) is 3.94. The number of carbonyl (C=O) groups is 1. The predicted molar refractivity (Wildman–Crippen MR) is 106 cm³/mol. The van der Waals surface area contributed by atoms with Crippen LogP contribution in [0.2, 0.25) is 0 Å². The second-order valence-electron chi connectivity index (χ2n) is 5.69. The van der Waals surface area contributed by atoms with Gasteiger partial charge in [0.1, 0.15) is 4.66 Å². The van der Waals surface area contributed by atoms with Gasteiger partial charge in [-0.3, -0.25) is 9.59 Å². The van der Waals surface area contributed by atoms with E-state index in [2.05, 4.69) is 15.9 Å². The fraction of sp³-hybridized carbons (Fsp3) is 0.100. The Morgan fingerprint density at radius 2 is 1.92 bits per heavy atom. The molecule has 0 fully saturated rings. The van der Waals surface area contributed by atoms with Crippen LogP contribution in [0, 0.1) is 6.92 Å². The molecule has 0 atom stereocenters. The van der Waals surface area contributed by atoms with Crippen molar-refractivity contribution in [2.75, 3.05) is 0 Å². The molecular formula is C20H16BrNO2S. The number of aromatic nitrogens is 1. The van der Waals surface area contributed by atoms with Crippen LogP contribution in [0.5, 0.6) is 0 Å². The smallest absolute Gasteiger partial charge is 0.268 e. The van der Waals surface area contributed by atoms with Crippen molar-refractivity contribution in [3.63, 3.8) is 0 Å². The molecular weight excluding hydrogens is 398 g/mol. The molecule has 3 nitrogen and oxygen atoms in total. The normalized spacial score (nSPS) is 12.6. The van der Waals surface area contributed by atoms with E-state index in [4.69, 9.17) is 0 Å². The Morgan fingerprint density at radius 3 is 2.64 bits per heavy atom. The number of nitrogens with zero attached hydrogens (tertiary/aromatic N) is 1. The van der Waals surface area contributed by atoms with Gasteiger partial charge >= 0.3 is 0 Å². The van der Waals surface area contributed by atoms with Gasteiger partial charge in [0.2, 0.25) is 0 Å². The van der Waals surface area contributed by atoms with Crippen molar-refractivity contribution < 1.29 is 4.79 Å². The van der Waals surface area contributed by atoms with E-state index in [0.717, 1.165) is 15.6 Å². The van der Waals surface area contributed by atoms with Crippen LogP contribution in [0.25, 0.3) is 12.2 Å². The molecule has 0 saturated carbocycles. The zero-order valence-electron chi connectivity index (χ0n) is 13.8. The Kier molecular flexibility index (Phi) is 5.16. The molecule has 0 spiro atoms. The minimum Gasteiger partial charge on any atom is -0.302 e.